The van der Waals surface area contributed by atoms with Gasteiger partial charge >= 0.3 is 0 Å². The third-order valence-electron chi connectivity index (χ3n) is 5.13. The molecule has 1 amide bonds. The predicted octanol–water partition coefficient (Wildman–Crippen LogP) is 3.82. The van der Waals surface area contributed by atoms with Crippen molar-refractivity contribution in [3.8, 4) is 22.8 Å². The first-order valence-electron chi connectivity index (χ1n) is 10.2. The zero-order valence-corrected chi connectivity index (χ0v) is 17.6. The van der Waals surface area contributed by atoms with Gasteiger partial charge < -0.3 is 15.5 Å². The molecule has 0 spiro atoms. The Labute approximate surface area is 188 Å². The SMILES string of the molecule is CC(NC(=O)c1nc(-c2ccc3ncccc3c2)c(-c2ncco2)nc1N)c1ccccn1. The molecule has 1 unspecified atom stereocenters. The average Bonchev–Trinajstić information content (AvgIpc) is 3.39. The molecule has 0 fully saturated rings. The van der Waals surface area contributed by atoms with Gasteiger partial charge in [0.25, 0.3) is 5.91 Å². The summed E-state index contributed by atoms with van der Waals surface area (Å²) < 4.78 is 5.46. The van der Waals surface area contributed by atoms with Crippen LogP contribution in [0, 0.1) is 0 Å². The lowest BCUT2D eigenvalue weighted by Gasteiger charge is -2.15. The monoisotopic (exact) mass is 437 g/mol. The lowest BCUT2D eigenvalue weighted by Crippen LogP contribution is -2.29. The molecule has 162 valence electrons. The molecular weight excluding hydrogens is 418 g/mol. The maximum Gasteiger partial charge on any atom is 0.274 e. The second-order valence-electron chi connectivity index (χ2n) is 7.35. The van der Waals surface area contributed by atoms with Gasteiger partial charge in [-0.15, -0.1) is 0 Å². The standard InChI is InChI=1S/C24H19N7O2/c1-14(17-6-2-3-9-26-17)29-23(32)21-22(25)31-20(24-28-11-12-33-24)19(30-21)16-7-8-18-15(13-16)5-4-10-27-18/h2-14H,1H3,(H2,25,31)(H,29,32). The number of nitrogens with two attached hydrogens (primary N) is 1. The fourth-order valence-corrected chi connectivity index (χ4v) is 3.50. The number of carbonyl (C=O) groups is 1. The van der Waals surface area contributed by atoms with Gasteiger partial charge in [0.1, 0.15) is 12.0 Å². The Morgan fingerprint density at radius 2 is 1.85 bits per heavy atom. The van der Waals surface area contributed by atoms with Crippen molar-refractivity contribution in [2.24, 2.45) is 0 Å². The number of rotatable bonds is 5. The Morgan fingerprint density at radius 3 is 2.64 bits per heavy atom. The van der Waals surface area contributed by atoms with Crippen LogP contribution in [0.3, 0.4) is 0 Å². The van der Waals surface area contributed by atoms with Crippen LogP contribution in [0.15, 0.2) is 77.8 Å². The highest BCUT2D eigenvalue weighted by atomic mass is 16.3. The van der Waals surface area contributed by atoms with E-state index >= 15 is 0 Å². The van der Waals surface area contributed by atoms with E-state index in [-0.39, 0.29) is 23.4 Å². The molecule has 3 N–H and O–H groups in total. The van der Waals surface area contributed by atoms with E-state index in [0.29, 0.717) is 11.4 Å². The highest BCUT2D eigenvalue weighted by Gasteiger charge is 2.23. The summed E-state index contributed by atoms with van der Waals surface area (Å²) in [4.78, 5) is 35.0. The first kappa shape index (κ1) is 20.3. The van der Waals surface area contributed by atoms with Crippen molar-refractivity contribution in [1.29, 1.82) is 0 Å². The van der Waals surface area contributed by atoms with Crippen LogP contribution in [0.4, 0.5) is 5.82 Å². The van der Waals surface area contributed by atoms with E-state index in [1.165, 1.54) is 12.5 Å². The predicted molar refractivity (Wildman–Crippen MR) is 123 cm³/mol. The number of nitrogens with one attached hydrogen (secondary N) is 1. The topological polar surface area (TPSA) is 133 Å². The number of aromatic nitrogens is 5. The zero-order chi connectivity index (χ0) is 22.8. The molecule has 0 radical (unpaired) electrons. The van der Waals surface area contributed by atoms with Crippen molar-refractivity contribution >= 4 is 22.6 Å². The Kier molecular flexibility index (Phi) is 5.19. The summed E-state index contributed by atoms with van der Waals surface area (Å²) in [6.07, 6.45) is 6.35. The smallest absolute Gasteiger partial charge is 0.274 e. The van der Waals surface area contributed by atoms with Crippen LogP contribution in [0.5, 0.6) is 0 Å². The molecular formula is C24H19N7O2. The molecule has 0 aliphatic carbocycles. The van der Waals surface area contributed by atoms with E-state index in [4.69, 9.17) is 10.2 Å². The third kappa shape index (κ3) is 3.99. The number of pyridine rings is 2. The highest BCUT2D eigenvalue weighted by molar-refractivity contribution is 5.98. The Balaban J connectivity index is 1.59. The largest absolute Gasteiger partial charge is 0.443 e. The van der Waals surface area contributed by atoms with Gasteiger partial charge in [0, 0.05) is 23.3 Å². The summed E-state index contributed by atoms with van der Waals surface area (Å²) in [5, 5.41) is 3.80. The van der Waals surface area contributed by atoms with E-state index in [9.17, 15) is 4.79 Å². The van der Waals surface area contributed by atoms with Gasteiger partial charge in [0.05, 0.1) is 23.4 Å². The fourth-order valence-electron chi connectivity index (χ4n) is 3.50. The second kappa shape index (κ2) is 8.46. The summed E-state index contributed by atoms with van der Waals surface area (Å²) in [6, 6.07) is 14.6. The molecule has 9 heteroatoms. The fraction of sp³-hybridized carbons (Fsp3) is 0.0833. The lowest BCUT2D eigenvalue weighted by molar-refractivity contribution is 0.0935. The maximum atomic E-state index is 13.1. The maximum absolute atomic E-state index is 13.1. The number of nitrogen functional groups attached to an aromatic ring is 1. The quantitative estimate of drug-likeness (QED) is 0.424. The molecule has 1 atom stereocenters. The number of oxazole rings is 1. The molecule has 4 heterocycles. The van der Waals surface area contributed by atoms with Crippen LogP contribution in [0.1, 0.15) is 29.1 Å². The minimum Gasteiger partial charge on any atom is -0.443 e. The highest BCUT2D eigenvalue weighted by Crippen LogP contribution is 2.31. The van der Waals surface area contributed by atoms with Gasteiger partial charge in [0.15, 0.2) is 17.2 Å². The number of hydrogen-bond acceptors (Lipinski definition) is 8. The molecule has 5 aromatic rings. The Morgan fingerprint density at radius 1 is 0.970 bits per heavy atom. The van der Waals surface area contributed by atoms with E-state index in [2.05, 4.69) is 30.2 Å². The normalized spacial score (nSPS) is 11.9. The number of amides is 1. The average molecular weight is 437 g/mol. The van der Waals surface area contributed by atoms with E-state index in [0.717, 1.165) is 22.2 Å². The molecule has 5 rings (SSSR count). The second-order valence-corrected chi connectivity index (χ2v) is 7.35. The van der Waals surface area contributed by atoms with Crippen molar-refractivity contribution in [1.82, 2.24) is 30.2 Å². The van der Waals surface area contributed by atoms with Crippen molar-refractivity contribution in [3.05, 3.63) is 84.8 Å². The first-order valence-corrected chi connectivity index (χ1v) is 10.2. The van der Waals surface area contributed by atoms with Gasteiger partial charge in [-0.3, -0.25) is 14.8 Å². The summed E-state index contributed by atoms with van der Waals surface area (Å²) in [7, 11) is 0. The van der Waals surface area contributed by atoms with E-state index in [1.807, 2.05) is 55.5 Å². The number of nitrogens with zero attached hydrogens (tertiary/aromatic N) is 5. The summed E-state index contributed by atoms with van der Waals surface area (Å²) in [5.74, 6) is -0.231. The molecule has 9 nitrogen and oxygen atoms in total. The van der Waals surface area contributed by atoms with E-state index < -0.39 is 5.91 Å². The molecule has 33 heavy (non-hydrogen) atoms. The number of carbonyl (C=O) groups excluding carboxylic acids is 1. The third-order valence-corrected chi connectivity index (χ3v) is 5.13. The Hall–Kier alpha value is -4.66. The summed E-state index contributed by atoms with van der Waals surface area (Å²) in [6.45, 7) is 1.84. The molecule has 0 saturated carbocycles. The number of anilines is 1. The number of benzene rings is 1. The van der Waals surface area contributed by atoms with Gasteiger partial charge in [-0.05, 0) is 37.3 Å². The first-order chi connectivity index (χ1) is 16.1. The van der Waals surface area contributed by atoms with Crippen LogP contribution < -0.4 is 11.1 Å². The van der Waals surface area contributed by atoms with Crippen LogP contribution >= 0.6 is 0 Å². The van der Waals surface area contributed by atoms with Gasteiger partial charge in [-0.1, -0.05) is 18.2 Å². The van der Waals surface area contributed by atoms with Crippen LogP contribution in [0.2, 0.25) is 0 Å². The van der Waals surface area contributed by atoms with Gasteiger partial charge in [-0.25, -0.2) is 15.0 Å². The van der Waals surface area contributed by atoms with Crippen LogP contribution in [-0.4, -0.2) is 30.8 Å². The van der Waals surface area contributed by atoms with Crippen LogP contribution in [-0.2, 0) is 0 Å². The molecule has 1 aromatic carbocycles. The van der Waals surface area contributed by atoms with E-state index in [1.54, 1.807) is 12.4 Å². The minimum atomic E-state index is -0.458. The van der Waals surface area contributed by atoms with Crippen molar-refractivity contribution in [3.63, 3.8) is 0 Å². The molecule has 0 saturated heterocycles. The van der Waals surface area contributed by atoms with Crippen molar-refractivity contribution < 1.29 is 9.21 Å². The van der Waals surface area contributed by atoms with Gasteiger partial charge in [-0.2, -0.15) is 0 Å². The summed E-state index contributed by atoms with van der Waals surface area (Å²) >= 11 is 0. The minimum absolute atomic E-state index is 0.00868. The number of fused-ring (bicyclic) bond motifs is 1. The number of hydrogen-bond donors (Lipinski definition) is 2. The zero-order valence-electron chi connectivity index (χ0n) is 17.6. The van der Waals surface area contributed by atoms with Crippen molar-refractivity contribution in [2.45, 2.75) is 13.0 Å². The molecule has 0 aliphatic heterocycles. The van der Waals surface area contributed by atoms with Gasteiger partial charge in [0.2, 0.25) is 5.89 Å². The van der Waals surface area contributed by atoms with Crippen LogP contribution in [0.25, 0.3) is 33.7 Å². The molecule has 4 aromatic heterocycles. The summed E-state index contributed by atoms with van der Waals surface area (Å²) in [5.41, 5.74) is 9.21. The lowest BCUT2D eigenvalue weighted by atomic mass is 10.1. The van der Waals surface area contributed by atoms with Crippen molar-refractivity contribution in [2.75, 3.05) is 5.73 Å². The molecule has 0 bridgehead atoms. The Bertz CT molecular complexity index is 1440. The molecule has 0 aliphatic rings.